The average Bonchev–Trinajstić information content (AvgIpc) is 2.53. The van der Waals surface area contributed by atoms with Gasteiger partial charge in [-0.25, -0.2) is 9.18 Å². The van der Waals surface area contributed by atoms with Crippen LogP contribution < -0.4 is 0 Å². The van der Waals surface area contributed by atoms with Crippen molar-refractivity contribution < 1.29 is 13.9 Å². The Labute approximate surface area is 143 Å². The van der Waals surface area contributed by atoms with Crippen molar-refractivity contribution in [2.24, 2.45) is 0 Å². The average molecular weight is 340 g/mol. The molecule has 0 bridgehead atoms. The van der Waals surface area contributed by atoms with Crippen LogP contribution in [-0.2, 0) is 4.74 Å². The summed E-state index contributed by atoms with van der Waals surface area (Å²) in [5, 5.41) is 0. The lowest BCUT2D eigenvalue weighted by Crippen LogP contribution is -2.16. The molecule has 0 saturated heterocycles. The molecule has 2 nitrogen and oxygen atoms in total. The van der Waals surface area contributed by atoms with Crippen molar-refractivity contribution in [2.45, 2.75) is 26.6 Å². The molecule has 124 valence electrons. The first-order valence-corrected chi connectivity index (χ1v) is 11.4. The molecule has 0 aliphatic carbocycles. The molecule has 24 heavy (non-hydrogen) atoms. The van der Waals surface area contributed by atoms with Gasteiger partial charge < -0.3 is 4.74 Å². The number of benzene rings is 2. The Bertz CT molecular complexity index is 793. The van der Waals surface area contributed by atoms with Gasteiger partial charge in [-0.05, 0) is 42.3 Å². The highest BCUT2D eigenvalue weighted by atomic mass is 28.3. The number of rotatable bonds is 3. The molecule has 2 aromatic rings. The van der Waals surface area contributed by atoms with Crippen molar-refractivity contribution >= 4 is 14.0 Å². The quantitative estimate of drug-likeness (QED) is 0.451. The predicted octanol–water partition coefficient (Wildman–Crippen LogP) is 4.90. The smallest absolute Gasteiger partial charge is 0.338 e. The standard InChI is InChI=1S/C20H21FO2Si/c1-5-23-20(22)16-8-6-15(7-9-16)19-11-10-18(21)14-17(19)12-13-24(2,3)4/h6-11,14H,5H2,1-4H3. The Morgan fingerprint density at radius 1 is 1.12 bits per heavy atom. The van der Waals surface area contributed by atoms with Crippen LogP contribution in [0.1, 0.15) is 22.8 Å². The van der Waals surface area contributed by atoms with Crippen LogP contribution in [0.15, 0.2) is 42.5 Å². The minimum Gasteiger partial charge on any atom is -0.462 e. The molecule has 0 aliphatic rings. The van der Waals surface area contributed by atoms with E-state index in [0.717, 1.165) is 11.1 Å². The largest absolute Gasteiger partial charge is 0.462 e. The van der Waals surface area contributed by atoms with Crippen molar-refractivity contribution in [3.05, 3.63) is 59.4 Å². The minimum atomic E-state index is -1.56. The normalized spacial score (nSPS) is 10.7. The third kappa shape index (κ3) is 4.80. The summed E-state index contributed by atoms with van der Waals surface area (Å²) in [4.78, 5) is 11.7. The van der Waals surface area contributed by atoms with E-state index in [-0.39, 0.29) is 11.8 Å². The Morgan fingerprint density at radius 3 is 2.38 bits per heavy atom. The molecular formula is C20H21FO2Si. The van der Waals surface area contributed by atoms with Crippen molar-refractivity contribution in [3.63, 3.8) is 0 Å². The summed E-state index contributed by atoms with van der Waals surface area (Å²) >= 11 is 0. The van der Waals surface area contributed by atoms with Crippen LogP contribution in [0.4, 0.5) is 4.39 Å². The number of carbonyl (C=O) groups excluding carboxylic acids is 1. The van der Waals surface area contributed by atoms with E-state index < -0.39 is 8.07 Å². The van der Waals surface area contributed by atoms with Gasteiger partial charge in [0.25, 0.3) is 0 Å². The summed E-state index contributed by atoms with van der Waals surface area (Å²) in [7, 11) is -1.56. The summed E-state index contributed by atoms with van der Waals surface area (Å²) in [6.45, 7) is 8.55. The number of hydrogen-bond acceptors (Lipinski definition) is 2. The molecule has 0 spiro atoms. The van der Waals surface area contributed by atoms with Gasteiger partial charge in [-0.1, -0.05) is 43.8 Å². The first-order valence-electron chi connectivity index (χ1n) is 7.90. The fourth-order valence-corrected chi connectivity index (χ4v) is 2.64. The van der Waals surface area contributed by atoms with E-state index in [1.807, 2.05) is 12.1 Å². The van der Waals surface area contributed by atoms with Crippen LogP contribution in [0.25, 0.3) is 11.1 Å². The summed E-state index contributed by atoms with van der Waals surface area (Å²) < 4.78 is 18.6. The van der Waals surface area contributed by atoms with Gasteiger partial charge in [0.2, 0.25) is 0 Å². The Balaban J connectivity index is 2.41. The molecule has 0 heterocycles. The van der Waals surface area contributed by atoms with Crippen LogP contribution in [0.2, 0.25) is 19.6 Å². The minimum absolute atomic E-state index is 0.304. The molecule has 0 saturated carbocycles. The summed E-state index contributed by atoms with van der Waals surface area (Å²) in [6, 6.07) is 11.7. The highest BCUT2D eigenvalue weighted by Gasteiger charge is 2.11. The first kappa shape index (κ1) is 18.0. The number of ether oxygens (including phenoxy) is 1. The van der Waals surface area contributed by atoms with Crippen LogP contribution >= 0.6 is 0 Å². The zero-order chi connectivity index (χ0) is 17.7. The monoisotopic (exact) mass is 340 g/mol. The second-order valence-electron chi connectivity index (χ2n) is 6.49. The molecule has 0 amide bonds. The molecule has 0 aromatic heterocycles. The molecule has 4 heteroatoms. The predicted molar refractivity (Wildman–Crippen MR) is 98.0 cm³/mol. The Morgan fingerprint density at radius 2 is 1.79 bits per heavy atom. The van der Waals surface area contributed by atoms with E-state index in [1.54, 1.807) is 25.1 Å². The van der Waals surface area contributed by atoms with Gasteiger partial charge >= 0.3 is 5.97 Å². The number of halogens is 1. The third-order valence-corrected chi connectivity index (χ3v) is 4.14. The van der Waals surface area contributed by atoms with Crippen LogP contribution in [0.5, 0.6) is 0 Å². The maximum absolute atomic E-state index is 13.6. The lowest BCUT2D eigenvalue weighted by Gasteiger charge is -2.08. The van der Waals surface area contributed by atoms with Crippen molar-refractivity contribution in [1.82, 2.24) is 0 Å². The van der Waals surface area contributed by atoms with E-state index in [0.29, 0.717) is 17.7 Å². The first-order chi connectivity index (χ1) is 11.3. The second kappa shape index (κ2) is 7.46. The highest BCUT2D eigenvalue weighted by Crippen LogP contribution is 2.25. The van der Waals surface area contributed by atoms with E-state index in [4.69, 9.17) is 4.74 Å². The van der Waals surface area contributed by atoms with Gasteiger partial charge in [-0.2, -0.15) is 0 Å². The van der Waals surface area contributed by atoms with E-state index in [2.05, 4.69) is 31.1 Å². The highest BCUT2D eigenvalue weighted by molar-refractivity contribution is 6.83. The molecule has 0 radical (unpaired) electrons. The van der Waals surface area contributed by atoms with E-state index in [9.17, 15) is 9.18 Å². The SMILES string of the molecule is CCOC(=O)c1ccc(-c2ccc(F)cc2C#C[Si](C)(C)C)cc1. The summed E-state index contributed by atoms with van der Waals surface area (Å²) in [5.74, 6) is 2.48. The van der Waals surface area contributed by atoms with Crippen LogP contribution in [-0.4, -0.2) is 20.7 Å². The molecule has 0 atom stereocenters. The molecule has 0 N–H and O–H groups in total. The van der Waals surface area contributed by atoms with Crippen molar-refractivity contribution in [1.29, 1.82) is 0 Å². The Hall–Kier alpha value is -2.38. The number of hydrogen-bond donors (Lipinski definition) is 0. The topological polar surface area (TPSA) is 26.3 Å². The number of carbonyl (C=O) groups is 1. The zero-order valence-corrected chi connectivity index (χ0v) is 15.4. The Kier molecular flexibility index (Phi) is 5.58. The maximum atomic E-state index is 13.6. The fourth-order valence-electron chi connectivity index (χ4n) is 2.13. The number of esters is 1. The fraction of sp³-hybridized carbons (Fsp3) is 0.250. The molecule has 0 unspecified atom stereocenters. The van der Waals surface area contributed by atoms with E-state index in [1.165, 1.54) is 12.1 Å². The van der Waals surface area contributed by atoms with E-state index >= 15 is 0 Å². The molecule has 2 rings (SSSR count). The van der Waals surface area contributed by atoms with Gasteiger partial charge in [-0.15, -0.1) is 5.54 Å². The summed E-state index contributed by atoms with van der Waals surface area (Å²) in [5.41, 5.74) is 6.19. The molecule has 0 fully saturated rings. The maximum Gasteiger partial charge on any atom is 0.338 e. The zero-order valence-electron chi connectivity index (χ0n) is 14.4. The van der Waals surface area contributed by atoms with Gasteiger partial charge in [0.05, 0.1) is 12.2 Å². The van der Waals surface area contributed by atoms with Crippen LogP contribution in [0, 0.1) is 17.3 Å². The second-order valence-corrected chi connectivity index (χ2v) is 11.2. The molecule has 2 aromatic carbocycles. The summed E-state index contributed by atoms with van der Waals surface area (Å²) in [6.07, 6.45) is 0. The molecule has 0 aliphatic heterocycles. The van der Waals surface area contributed by atoms with Gasteiger partial charge in [0, 0.05) is 5.56 Å². The van der Waals surface area contributed by atoms with Gasteiger partial charge in [0.15, 0.2) is 0 Å². The van der Waals surface area contributed by atoms with Gasteiger partial charge in [-0.3, -0.25) is 0 Å². The lowest BCUT2D eigenvalue weighted by molar-refractivity contribution is 0.0526. The lowest BCUT2D eigenvalue weighted by atomic mass is 9.99. The van der Waals surface area contributed by atoms with Crippen LogP contribution in [0.3, 0.4) is 0 Å². The van der Waals surface area contributed by atoms with Crippen molar-refractivity contribution in [3.8, 4) is 22.6 Å². The van der Waals surface area contributed by atoms with Gasteiger partial charge in [0.1, 0.15) is 13.9 Å². The van der Waals surface area contributed by atoms with Crippen molar-refractivity contribution in [2.75, 3.05) is 6.61 Å². The molecular weight excluding hydrogens is 319 g/mol. The third-order valence-electron chi connectivity index (χ3n) is 3.26.